The fourth-order valence-electron chi connectivity index (χ4n) is 1.55. The maximum atomic E-state index is 11.0. The van der Waals surface area contributed by atoms with E-state index in [9.17, 15) is 4.79 Å². The molecule has 80 valence electrons. The molecule has 1 aromatic heterocycles. The number of hydrogen-bond donors (Lipinski definition) is 1. The molecular weight excluding hydrogens is 210 g/mol. The highest BCUT2D eigenvalue weighted by Gasteiger charge is 2.02. The third kappa shape index (κ3) is 2.46. The second-order valence-corrected chi connectivity index (χ2v) is 4.46. The van der Waals surface area contributed by atoms with Crippen molar-refractivity contribution in [3.8, 4) is 0 Å². The standard InChI is InChI=1S/C11H13NO2S/c12-6-2-1-3-8-4-5-10-9(7-8)14-11(13)15-10/h4-5,7H,1-3,6,12H2. The minimum absolute atomic E-state index is 0.232. The summed E-state index contributed by atoms with van der Waals surface area (Å²) >= 11 is 1.15. The van der Waals surface area contributed by atoms with Crippen LogP contribution >= 0.6 is 11.3 Å². The van der Waals surface area contributed by atoms with Crippen LogP contribution in [0.2, 0.25) is 0 Å². The first-order valence-electron chi connectivity index (χ1n) is 5.02. The van der Waals surface area contributed by atoms with Crippen molar-refractivity contribution >= 4 is 21.6 Å². The van der Waals surface area contributed by atoms with Crippen LogP contribution in [0.15, 0.2) is 27.4 Å². The summed E-state index contributed by atoms with van der Waals surface area (Å²) in [4.78, 5) is 10.8. The highest BCUT2D eigenvalue weighted by molar-refractivity contribution is 7.16. The van der Waals surface area contributed by atoms with Crippen LogP contribution in [0.25, 0.3) is 10.3 Å². The Balaban J connectivity index is 2.19. The molecule has 0 aliphatic carbocycles. The molecule has 0 radical (unpaired) electrons. The normalized spacial score (nSPS) is 11.0. The Kier molecular flexibility index (Phi) is 3.18. The molecule has 0 saturated carbocycles. The van der Waals surface area contributed by atoms with E-state index in [1.807, 2.05) is 18.2 Å². The zero-order valence-corrected chi connectivity index (χ0v) is 9.18. The van der Waals surface area contributed by atoms with Crippen molar-refractivity contribution in [2.24, 2.45) is 5.73 Å². The summed E-state index contributed by atoms with van der Waals surface area (Å²) in [5.74, 6) is 0. The zero-order valence-electron chi connectivity index (χ0n) is 8.36. The number of fused-ring (bicyclic) bond motifs is 1. The van der Waals surface area contributed by atoms with E-state index in [1.54, 1.807) is 0 Å². The molecule has 0 spiro atoms. The molecule has 2 rings (SSSR count). The largest absolute Gasteiger partial charge is 0.414 e. The quantitative estimate of drug-likeness (QED) is 0.808. The highest BCUT2D eigenvalue weighted by atomic mass is 32.1. The predicted octanol–water partition coefficient (Wildman–Crippen LogP) is 2.14. The molecule has 2 N–H and O–H groups in total. The van der Waals surface area contributed by atoms with Crippen molar-refractivity contribution in [1.29, 1.82) is 0 Å². The number of hydrogen-bond acceptors (Lipinski definition) is 4. The fraction of sp³-hybridized carbons (Fsp3) is 0.364. The molecule has 0 atom stereocenters. The SMILES string of the molecule is NCCCCc1ccc2sc(=O)oc2c1. The van der Waals surface area contributed by atoms with Crippen molar-refractivity contribution in [2.45, 2.75) is 19.3 Å². The number of nitrogens with two attached hydrogens (primary N) is 1. The molecule has 4 heteroatoms. The van der Waals surface area contributed by atoms with Gasteiger partial charge in [-0.15, -0.1) is 0 Å². The summed E-state index contributed by atoms with van der Waals surface area (Å²) in [6.07, 6.45) is 3.11. The minimum Gasteiger partial charge on any atom is -0.414 e. The number of rotatable bonds is 4. The minimum atomic E-state index is -0.232. The summed E-state index contributed by atoms with van der Waals surface area (Å²) in [7, 11) is 0. The molecule has 0 saturated heterocycles. The number of unbranched alkanes of at least 4 members (excludes halogenated alkanes) is 1. The second-order valence-electron chi connectivity index (χ2n) is 3.48. The first kappa shape index (κ1) is 10.4. The number of aryl methyl sites for hydroxylation is 1. The Hall–Kier alpha value is -1.13. The van der Waals surface area contributed by atoms with E-state index in [0.717, 1.165) is 41.8 Å². The Morgan fingerprint density at radius 1 is 1.33 bits per heavy atom. The molecular formula is C11H13NO2S. The van der Waals surface area contributed by atoms with Crippen molar-refractivity contribution in [2.75, 3.05) is 6.54 Å². The molecule has 2 aromatic rings. The summed E-state index contributed by atoms with van der Waals surface area (Å²) < 4.78 is 5.97. The van der Waals surface area contributed by atoms with Crippen LogP contribution < -0.4 is 10.7 Å². The van der Waals surface area contributed by atoms with Crippen LogP contribution in [-0.2, 0) is 6.42 Å². The van der Waals surface area contributed by atoms with Gasteiger partial charge in [0.25, 0.3) is 0 Å². The van der Waals surface area contributed by atoms with Gasteiger partial charge in [-0.3, -0.25) is 0 Å². The Bertz CT molecular complexity index is 501. The van der Waals surface area contributed by atoms with Gasteiger partial charge in [0.05, 0.1) is 4.70 Å². The van der Waals surface area contributed by atoms with Gasteiger partial charge in [0.15, 0.2) is 0 Å². The van der Waals surface area contributed by atoms with E-state index in [2.05, 4.69) is 0 Å². The maximum Gasteiger partial charge on any atom is 0.396 e. The lowest BCUT2D eigenvalue weighted by molar-refractivity contribution is 0.585. The van der Waals surface area contributed by atoms with E-state index in [0.29, 0.717) is 5.58 Å². The van der Waals surface area contributed by atoms with Crippen LogP contribution in [0.1, 0.15) is 18.4 Å². The van der Waals surface area contributed by atoms with Gasteiger partial charge in [0.2, 0.25) is 0 Å². The Morgan fingerprint density at radius 3 is 3.00 bits per heavy atom. The zero-order chi connectivity index (χ0) is 10.7. The van der Waals surface area contributed by atoms with Gasteiger partial charge < -0.3 is 10.2 Å². The lowest BCUT2D eigenvalue weighted by Gasteiger charge is -1.99. The van der Waals surface area contributed by atoms with E-state index in [1.165, 1.54) is 5.56 Å². The number of benzene rings is 1. The first-order chi connectivity index (χ1) is 7.29. The van der Waals surface area contributed by atoms with E-state index in [4.69, 9.17) is 10.2 Å². The van der Waals surface area contributed by atoms with Gasteiger partial charge in [0.1, 0.15) is 5.58 Å². The van der Waals surface area contributed by atoms with Crippen molar-refractivity contribution in [3.63, 3.8) is 0 Å². The molecule has 15 heavy (non-hydrogen) atoms. The molecule has 0 aliphatic rings. The topological polar surface area (TPSA) is 56.2 Å². The molecule has 0 fully saturated rings. The van der Waals surface area contributed by atoms with Crippen LogP contribution in [0, 0.1) is 0 Å². The summed E-state index contributed by atoms with van der Waals surface area (Å²) in [6.45, 7) is 0.732. The van der Waals surface area contributed by atoms with Gasteiger partial charge in [-0.1, -0.05) is 17.4 Å². The first-order valence-corrected chi connectivity index (χ1v) is 5.84. The summed E-state index contributed by atoms with van der Waals surface area (Å²) in [5, 5.41) is 0. The molecule has 1 heterocycles. The van der Waals surface area contributed by atoms with E-state index >= 15 is 0 Å². The van der Waals surface area contributed by atoms with Crippen molar-refractivity contribution < 1.29 is 4.42 Å². The average molecular weight is 223 g/mol. The van der Waals surface area contributed by atoms with Gasteiger partial charge >= 0.3 is 4.94 Å². The molecule has 1 aromatic carbocycles. The maximum absolute atomic E-state index is 11.0. The van der Waals surface area contributed by atoms with E-state index < -0.39 is 0 Å². The van der Waals surface area contributed by atoms with Crippen LogP contribution in [0.3, 0.4) is 0 Å². The van der Waals surface area contributed by atoms with Crippen LogP contribution in [-0.4, -0.2) is 6.54 Å². The molecule has 0 amide bonds. The van der Waals surface area contributed by atoms with Crippen LogP contribution in [0.5, 0.6) is 0 Å². The van der Waals surface area contributed by atoms with E-state index in [-0.39, 0.29) is 4.94 Å². The van der Waals surface area contributed by atoms with Crippen molar-refractivity contribution in [1.82, 2.24) is 0 Å². The predicted molar refractivity (Wildman–Crippen MR) is 62.4 cm³/mol. The summed E-state index contributed by atoms with van der Waals surface area (Å²) in [5.41, 5.74) is 7.34. The van der Waals surface area contributed by atoms with Crippen LogP contribution in [0.4, 0.5) is 0 Å². The Labute approximate surface area is 91.5 Å². The molecule has 0 aliphatic heterocycles. The lowest BCUT2D eigenvalue weighted by Crippen LogP contribution is -1.98. The molecule has 0 unspecified atom stereocenters. The molecule has 3 nitrogen and oxygen atoms in total. The van der Waals surface area contributed by atoms with Gasteiger partial charge in [0, 0.05) is 0 Å². The monoisotopic (exact) mass is 223 g/mol. The Morgan fingerprint density at radius 2 is 2.20 bits per heavy atom. The smallest absolute Gasteiger partial charge is 0.396 e. The third-order valence-corrected chi connectivity index (χ3v) is 3.12. The highest BCUT2D eigenvalue weighted by Crippen LogP contribution is 2.19. The second kappa shape index (κ2) is 4.59. The molecule has 0 bridgehead atoms. The average Bonchev–Trinajstić information content (AvgIpc) is 2.57. The lowest BCUT2D eigenvalue weighted by atomic mass is 10.1. The summed E-state index contributed by atoms with van der Waals surface area (Å²) in [6, 6.07) is 5.94. The fourth-order valence-corrected chi connectivity index (χ4v) is 2.19. The van der Waals surface area contributed by atoms with Gasteiger partial charge in [-0.25, -0.2) is 4.79 Å². The van der Waals surface area contributed by atoms with Gasteiger partial charge in [-0.2, -0.15) is 0 Å². The van der Waals surface area contributed by atoms with Gasteiger partial charge in [-0.05, 0) is 43.5 Å². The third-order valence-electron chi connectivity index (χ3n) is 2.31. The van der Waals surface area contributed by atoms with Crippen molar-refractivity contribution in [3.05, 3.63) is 33.5 Å².